The summed E-state index contributed by atoms with van der Waals surface area (Å²) in [6, 6.07) is 30.5. The molecule has 26 heavy (non-hydrogen) atoms. The van der Waals surface area contributed by atoms with Crippen LogP contribution in [0.4, 0.5) is 0 Å². The maximum absolute atomic E-state index is 12.8. The van der Waals surface area contributed by atoms with Gasteiger partial charge in [0.05, 0.1) is 0 Å². The van der Waals surface area contributed by atoms with Crippen molar-refractivity contribution in [3.8, 4) is 0 Å². The summed E-state index contributed by atoms with van der Waals surface area (Å²) in [4.78, 5) is 12.8. The molecule has 0 aromatic heterocycles. The smallest absolute Gasteiger partial charge is 0.192 e. The number of carbonyl (C=O) groups excluding carboxylic acids is 1. The van der Waals surface area contributed by atoms with Crippen LogP contribution in [0.3, 0.4) is 0 Å². The first kappa shape index (κ1) is 16.3. The van der Waals surface area contributed by atoms with E-state index >= 15 is 0 Å². The van der Waals surface area contributed by atoms with Crippen molar-refractivity contribution >= 4 is 5.78 Å². The third kappa shape index (κ3) is 2.93. The summed E-state index contributed by atoms with van der Waals surface area (Å²) >= 11 is 0. The summed E-state index contributed by atoms with van der Waals surface area (Å²) in [5.41, 5.74) is 3.74. The van der Waals surface area contributed by atoms with E-state index < -0.39 is 0 Å². The van der Waals surface area contributed by atoms with Crippen molar-refractivity contribution < 1.29 is 4.79 Å². The molecule has 4 rings (SSSR count). The molecule has 1 aliphatic carbocycles. The summed E-state index contributed by atoms with van der Waals surface area (Å²) in [5, 5.41) is 0. The van der Waals surface area contributed by atoms with Gasteiger partial charge in [0.1, 0.15) is 0 Å². The average molecular weight is 336 g/mol. The molecular weight excluding hydrogens is 316 g/mol. The standard InChI is InChI=1S/C25H20O/c26-24(20-10-4-1-5-11-20)21-16-18-25(19-17-21,22-12-6-2-7-13-22)23-14-8-3-9-15-23/h1-18H,19H2. The van der Waals surface area contributed by atoms with Crippen molar-refractivity contribution in [2.45, 2.75) is 11.8 Å². The fourth-order valence-electron chi connectivity index (χ4n) is 3.63. The number of rotatable bonds is 4. The average Bonchev–Trinajstić information content (AvgIpc) is 2.75. The molecule has 0 fully saturated rings. The molecule has 3 aromatic rings. The molecule has 0 amide bonds. The number of hydrogen-bond acceptors (Lipinski definition) is 1. The Morgan fingerprint density at radius 3 is 1.65 bits per heavy atom. The fourth-order valence-corrected chi connectivity index (χ4v) is 3.63. The van der Waals surface area contributed by atoms with Gasteiger partial charge in [-0.1, -0.05) is 109 Å². The maximum atomic E-state index is 12.8. The van der Waals surface area contributed by atoms with Gasteiger partial charge in [-0.15, -0.1) is 0 Å². The third-order valence-corrected chi connectivity index (χ3v) is 5.07. The zero-order valence-electron chi connectivity index (χ0n) is 14.5. The van der Waals surface area contributed by atoms with Crippen LogP contribution < -0.4 is 0 Å². The first-order valence-electron chi connectivity index (χ1n) is 8.90. The zero-order chi connectivity index (χ0) is 17.8. The number of allylic oxidation sites excluding steroid dienone is 4. The van der Waals surface area contributed by atoms with Gasteiger partial charge in [-0.3, -0.25) is 4.79 Å². The maximum Gasteiger partial charge on any atom is 0.192 e. The Bertz CT molecular complexity index is 911. The first-order chi connectivity index (χ1) is 12.8. The minimum absolute atomic E-state index is 0.0802. The molecule has 0 spiro atoms. The topological polar surface area (TPSA) is 17.1 Å². The SMILES string of the molecule is O=C(C1=CCC(c2ccccc2)(c2ccccc2)C=C1)c1ccccc1. The van der Waals surface area contributed by atoms with Crippen molar-refractivity contribution in [2.75, 3.05) is 0 Å². The lowest BCUT2D eigenvalue weighted by molar-refractivity contribution is 0.103. The van der Waals surface area contributed by atoms with E-state index in [9.17, 15) is 4.79 Å². The van der Waals surface area contributed by atoms with Crippen molar-refractivity contribution in [1.82, 2.24) is 0 Å². The van der Waals surface area contributed by atoms with E-state index in [-0.39, 0.29) is 11.2 Å². The quantitative estimate of drug-likeness (QED) is 0.555. The molecule has 0 saturated heterocycles. The van der Waals surface area contributed by atoms with E-state index in [1.807, 2.05) is 48.5 Å². The predicted octanol–water partition coefficient (Wildman–Crippen LogP) is 5.74. The Morgan fingerprint density at radius 2 is 1.19 bits per heavy atom. The fraction of sp³-hybridized carbons (Fsp3) is 0.0800. The van der Waals surface area contributed by atoms with E-state index in [4.69, 9.17) is 0 Å². The Balaban J connectivity index is 1.73. The minimum Gasteiger partial charge on any atom is -0.289 e. The second kappa shape index (κ2) is 6.97. The summed E-state index contributed by atoms with van der Waals surface area (Å²) in [6.45, 7) is 0. The molecule has 1 aliphatic rings. The molecule has 1 heteroatoms. The highest BCUT2D eigenvalue weighted by molar-refractivity contribution is 6.10. The van der Waals surface area contributed by atoms with Crippen molar-refractivity contribution in [1.29, 1.82) is 0 Å². The molecule has 0 N–H and O–H groups in total. The van der Waals surface area contributed by atoms with E-state index in [1.54, 1.807) is 0 Å². The van der Waals surface area contributed by atoms with Crippen LogP contribution in [-0.4, -0.2) is 5.78 Å². The van der Waals surface area contributed by atoms with E-state index in [0.717, 1.165) is 17.6 Å². The molecule has 0 aliphatic heterocycles. The number of ketones is 1. The summed E-state index contributed by atoms with van der Waals surface area (Å²) in [5.74, 6) is 0.0802. The highest BCUT2D eigenvalue weighted by atomic mass is 16.1. The third-order valence-electron chi connectivity index (χ3n) is 5.07. The molecule has 0 unspecified atom stereocenters. The van der Waals surface area contributed by atoms with Crippen LogP contribution in [0.25, 0.3) is 0 Å². The normalized spacial score (nSPS) is 15.3. The molecule has 0 saturated carbocycles. The molecule has 0 bridgehead atoms. The largest absolute Gasteiger partial charge is 0.289 e. The summed E-state index contributed by atoms with van der Waals surface area (Å²) in [6.07, 6.45) is 7.02. The second-order valence-electron chi connectivity index (χ2n) is 6.60. The number of Topliss-reactive ketones (excluding diaryl/α,β-unsaturated/α-hetero) is 1. The monoisotopic (exact) mass is 336 g/mol. The van der Waals surface area contributed by atoms with Crippen LogP contribution in [0.15, 0.2) is 115 Å². The molecule has 0 radical (unpaired) electrons. The van der Waals surface area contributed by atoms with Crippen molar-refractivity contribution in [3.05, 3.63) is 131 Å². The van der Waals surface area contributed by atoms with E-state index in [1.165, 1.54) is 11.1 Å². The minimum atomic E-state index is -0.233. The molecule has 0 atom stereocenters. The highest BCUT2D eigenvalue weighted by Crippen LogP contribution is 2.40. The summed E-state index contributed by atoms with van der Waals surface area (Å²) in [7, 11) is 0. The Hall–Kier alpha value is -3.19. The van der Waals surface area contributed by atoms with Crippen LogP contribution in [0.1, 0.15) is 27.9 Å². The van der Waals surface area contributed by atoms with Crippen LogP contribution in [0, 0.1) is 0 Å². The van der Waals surface area contributed by atoms with E-state index in [0.29, 0.717) is 0 Å². The molecule has 3 aromatic carbocycles. The van der Waals surface area contributed by atoms with Gasteiger partial charge in [0.15, 0.2) is 5.78 Å². The van der Waals surface area contributed by atoms with Gasteiger partial charge in [0, 0.05) is 16.6 Å². The Kier molecular flexibility index (Phi) is 4.37. The Morgan fingerprint density at radius 1 is 0.692 bits per heavy atom. The lowest BCUT2D eigenvalue weighted by Crippen LogP contribution is -2.27. The van der Waals surface area contributed by atoms with Gasteiger partial charge >= 0.3 is 0 Å². The van der Waals surface area contributed by atoms with Gasteiger partial charge < -0.3 is 0 Å². The zero-order valence-corrected chi connectivity index (χ0v) is 14.5. The van der Waals surface area contributed by atoms with Crippen molar-refractivity contribution in [3.63, 3.8) is 0 Å². The van der Waals surface area contributed by atoms with Crippen LogP contribution in [-0.2, 0) is 5.41 Å². The molecule has 1 nitrogen and oxygen atoms in total. The number of hydrogen-bond donors (Lipinski definition) is 0. The Labute approximate surface area is 154 Å². The second-order valence-corrected chi connectivity index (χ2v) is 6.60. The number of carbonyl (C=O) groups is 1. The lowest BCUT2D eigenvalue weighted by Gasteiger charge is -2.33. The van der Waals surface area contributed by atoms with Crippen LogP contribution in [0.5, 0.6) is 0 Å². The highest BCUT2D eigenvalue weighted by Gasteiger charge is 2.33. The van der Waals surface area contributed by atoms with Gasteiger partial charge in [-0.25, -0.2) is 0 Å². The van der Waals surface area contributed by atoms with Crippen LogP contribution in [0.2, 0.25) is 0 Å². The van der Waals surface area contributed by atoms with Gasteiger partial charge in [-0.2, -0.15) is 0 Å². The lowest BCUT2D eigenvalue weighted by atomic mass is 9.69. The van der Waals surface area contributed by atoms with E-state index in [2.05, 4.69) is 60.7 Å². The first-order valence-corrected chi connectivity index (χ1v) is 8.90. The molecule has 126 valence electrons. The van der Waals surface area contributed by atoms with Gasteiger partial charge in [-0.05, 0) is 17.5 Å². The van der Waals surface area contributed by atoms with Gasteiger partial charge in [0.25, 0.3) is 0 Å². The predicted molar refractivity (Wildman–Crippen MR) is 106 cm³/mol. The van der Waals surface area contributed by atoms with Gasteiger partial charge in [0.2, 0.25) is 0 Å². The van der Waals surface area contributed by atoms with Crippen molar-refractivity contribution in [2.24, 2.45) is 0 Å². The number of benzene rings is 3. The molecule has 0 heterocycles. The molecular formula is C25H20O. The summed E-state index contributed by atoms with van der Waals surface area (Å²) < 4.78 is 0. The van der Waals surface area contributed by atoms with Crippen LogP contribution >= 0.6 is 0 Å².